The Morgan fingerprint density at radius 3 is 2.45 bits per heavy atom. The molecule has 0 aromatic heterocycles. The van der Waals surface area contributed by atoms with Crippen molar-refractivity contribution in [1.82, 2.24) is 14.5 Å². The van der Waals surface area contributed by atoms with E-state index >= 15 is 0 Å². The monoisotopic (exact) mass is 425 g/mol. The standard InChI is InChI=1S/C21H35N3O4S/c1-16-12-17(2)15-24(14-16)11-7-6-10-22-21(25)18-8-9-19(28-5)20(13-18)29(26,27)23(3)4/h8-9,13,16-17H,6-7,10-12,14-15H2,1-5H3,(H,22,25). The Kier molecular flexibility index (Phi) is 8.48. The molecule has 1 aromatic carbocycles. The maximum absolute atomic E-state index is 12.5. The first kappa shape index (κ1) is 23.6. The number of carbonyl (C=O) groups excluding carboxylic acids is 1. The highest BCUT2D eigenvalue weighted by Gasteiger charge is 2.24. The van der Waals surface area contributed by atoms with E-state index in [2.05, 4.69) is 24.1 Å². The second kappa shape index (κ2) is 10.4. The van der Waals surface area contributed by atoms with Crippen molar-refractivity contribution in [2.75, 3.05) is 47.4 Å². The number of nitrogens with zero attached hydrogens (tertiary/aromatic N) is 2. The topological polar surface area (TPSA) is 79.0 Å². The number of sulfonamides is 1. The third-order valence-corrected chi connectivity index (χ3v) is 7.15. The third kappa shape index (κ3) is 6.42. The lowest BCUT2D eigenvalue weighted by Crippen LogP contribution is -2.39. The van der Waals surface area contributed by atoms with Crippen molar-refractivity contribution in [1.29, 1.82) is 0 Å². The van der Waals surface area contributed by atoms with Gasteiger partial charge in [-0.15, -0.1) is 0 Å². The molecule has 7 nitrogen and oxygen atoms in total. The largest absolute Gasteiger partial charge is 0.495 e. The van der Waals surface area contributed by atoms with Crippen LogP contribution < -0.4 is 10.1 Å². The SMILES string of the molecule is COc1ccc(C(=O)NCCCCN2CC(C)CC(C)C2)cc1S(=O)(=O)N(C)C. The summed E-state index contributed by atoms with van der Waals surface area (Å²) < 4.78 is 31.2. The molecule has 0 spiro atoms. The van der Waals surface area contributed by atoms with E-state index < -0.39 is 10.0 Å². The predicted molar refractivity (Wildman–Crippen MR) is 115 cm³/mol. The van der Waals surface area contributed by atoms with Gasteiger partial charge in [-0.3, -0.25) is 4.79 Å². The molecule has 1 fully saturated rings. The zero-order valence-corrected chi connectivity index (χ0v) is 19.1. The van der Waals surface area contributed by atoms with Crippen LogP contribution in [0.15, 0.2) is 23.1 Å². The predicted octanol–water partition coefficient (Wildman–Crippen LogP) is 2.43. The Labute approximate surface area is 175 Å². The summed E-state index contributed by atoms with van der Waals surface area (Å²) in [5.74, 6) is 1.45. The molecular formula is C21H35N3O4S. The summed E-state index contributed by atoms with van der Waals surface area (Å²) in [5, 5.41) is 2.89. The van der Waals surface area contributed by atoms with Crippen molar-refractivity contribution >= 4 is 15.9 Å². The average Bonchev–Trinajstić information content (AvgIpc) is 2.66. The number of piperidine rings is 1. The highest BCUT2D eigenvalue weighted by atomic mass is 32.2. The number of amides is 1. The van der Waals surface area contributed by atoms with Gasteiger partial charge in [-0.25, -0.2) is 12.7 Å². The smallest absolute Gasteiger partial charge is 0.251 e. The average molecular weight is 426 g/mol. The Balaban J connectivity index is 1.88. The lowest BCUT2D eigenvalue weighted by Gasteiger charge is -2.34. The molecule has 2 rings (SSSR count). The molecule has 1 N–H and O–H groups in total. The van der Waals surface area contributed by atoms with E-state index in [4.69, 9.17) is 4.74 Å². The summed E-state index contributed by atoms with van der Waals surface area (Å²) in [5.41, 5.74) is 0.310. The Morgan fingerprint density at radius 1 is 1.21 bits per heavy atom. The number of likely N-dealkylation sites (tertiary alicyclic amines) is 1. The van der Waals surface area contributed by atoms with E-state index in [1.807, 2.05) is 0 Å². The summed E-state index contributed by atoms with van der Waals surface area (Å²) in [6, 6.07) is 4.48. The lowest BCUT2D eigenvalue weighted by molar-refractivity contribution is 0.0951. The molecule has 1 aliphatic rings. The number of benzene rings is 1. The Bertz CT molecular complexity index is 785. The molecule has 29 heavy (non-hydrogen) atoms. The van der Waals surface area contributed by atoms with Gasteiger partial charge in [-0.2, -0.15) is 0 Å². The number of nitrogens with one attached hydrogen (secondary N) is 1. The summed E-state index contributed by atoms with van der Waals surface area (Å²) in [7, 11) is 0.606. The second-order valence-corrected chi connectivity index (χ2v) is 10.4. The van der Waals surface area contributed by atoms with Crippen LogP contribution in [0.1, 0.15) is 43.5 Å². The minimum Gasteiger partial charge on any atom is -0.495 e. The number of hydrogen-bond acceptors (Lipinski definition) is 5. The van der Waals surface area contributed by atoms with Crippen molar-refractivity contribution in [2.24, 2.45) is 11.8 Å². The Morgan fingerprint density at radius 2 is 1.86 bits per heavy atom. The number of rotatable bonds is 9. The zero-order chi connectivity index (χ0) is 21.6. The van der Waals surface area contributed by atoms with Gasteiger partial charge in [0.1, 0.15) is 10.6 Å². The molecule has 0 bridgehead atoms. The van der Waals surface area contributed by atoms with Gasteiger partial charge in [0.2, 0.25) is 10.0 Å². The van der Waals surface area contributed by atoms with Gasteiger partial charge >= 0.3 is 0 Å². The quantitative estimate of drug-likeness (QED) is 0.615. The van der Waals surface area contributed by atoms with Crippen LogP contribution in [-0.2, 0) is 10.0 Å². The summed E-state index contributed by atoms with van der Waals surface area (Å²) in [6.45, 7) is 8.56. The highest BCUT2D eigenvalue weighted by molar-refractivity contribution is 7.89. The van der Waals surface area contributed by atoms with Crippen molar-refractivity contribution in [3.8, 4) is 5.75 Å². The second-order valence-electron chi connectivity index (χ2n) is 8.32. The maximum Gasteiger partial charge on any atom is 0.251 e. The molecule has 1 amide bonds. The van der Waals surface area contributed by atoms with Crippen LogP contribution in [-0.4, -0.2) is 70.9 Å². The van der Waals surface area contributed by atoms with E-state index in [0.717, 1.165) is 48.6 Å². The van der Waals surface area contributed by atoms with Crippen molar-refractivity contribution in [3.63, 3.8) is 0 Å². The van der Waals surface area contributed by atoms with Gasteiger partial charge in [0.05, 0.1) is 7.11 Å². The van der Waals surface area contributed by atoms with Crippen LogP contribution >= 0.6 is 0 Å². The van der Waals surface area contributed by atoms with Crippen LogP contribution in [0, 0.1) is 11.8 Å². The van der Waals surface area contributed by atoms with E-state index in [1.165, 1.54) is 39.8 Å². The molecule has 1 saturated heterocycles. The first-order valence-electron chi connectivity index (χ1n) is 10.3. The van der Waals surface area contributed by atoms with Crippen molar-refractivity contribution < 1.29 is 17.9 Å². The molecule has 0 radical (unpaired) electrons. The van der Waals surface area contributed by atoms with Gasteiger partial charge in [0, 0.05) is 39.3 Å². The summed E-state index contributed by atoms with van der Waals surface area (Å²) in [6.07, 6.45) is 3.23. The molecule has 1 heterocycles. The Hall–Kier alpha value is -1.64. The maximum atomic E-state index is 12.5. The number of hydrogen-bond donors (Lipinski definition) is 1. The molecule has 1 aromatic rings. The molecule has 2 unspecified atom stereocenters. The van der Waals surface area contributed by atoms with Gasteiger partial charge in [0.15, 0.2) is 0 Å². The van der Waals surface area contributed by atoms with Crippen molar-refractivity contribution in [3.05, 3.63) is 23.8 Å². The first-order valence-corrected chi connectivity index (χ1v) is 11.7. The molecule has 2 atom stereocenters. The van der Waals surface area contributed by atoms with E-state index in [1.54, 1.807) is 6.07 Å². The highest BCUT2D eigenvalue weighted by Crippen LogP contribution is 2.27. The molecular weight excluding hydrogens is 390 g/mol. The van der Waals surface area contributed by atoms with Gasteiger partial charge < -0.3 is 15.0 Å². The molecule has 0 saturated carbocycles. The van der Waals surface area contributed by atoms with Gasteiger partial charge in [0.25, 0.3) is 5.91 Å². The number of carbonyl (C=O) groups is 1. The molecule has 164 valence electrons. The number of ether oxygens (including phenoxy) is 1. The fourth-order valence-corrected chi connectivity index (χ4v) is 5.03. The van der Waals surface area contributed by atoms with Crippen LogP contribution in [0.2, 0.25) is 0 Å². The minimum atomic E-state index is -3.70. The van der Waals surface area contributed by atoms with Crippen LogP contribution in [0.3, 0.4) is 0 Å². The number of methoxy groups -OCH3 is 1. The first-order chi connectivity index (χ1) is 13.6. The van der Waals surface area contributed by atoms with Crippen molar-refractivity contribution in [2.45, 2.75) is 38.0 Å². The normalized spacial score (nSPS) is 20.6. The summed E-state index contributed by atoms with van der Waals surface area (Å²) >= 11 is 0. The fraction of sp³-hybridized carbons (Fsp3) is 0.667. The van der Waals surface area contributed by atoms with E-state index in [9.17, 15) is 13.2 Å². The van der Waals surface area contributed by atoms with Crippen LogP contribution in [0.25, 0.3) is 0 Å². The number of unbranched alkanes of at least 4 members (excludes halogenated alkanes) is 1. The van der Waals surface area contributed by atoms with E-state index in [0.29, 0.717) is 12.1 Å². The van der Waals surface area contributed by atoms with Gasteiger partial charge in [-0.05, 0) is 55.8 Å². The van der Waals surface area contributed by atoms with E-state index in [-0.39, 0.29) is 16.6 Å². The van der Waals surface area contributed by atoms with Crippen LogP contribution in [0.4, 0.5) is 0 Å². The molecule has 8 heteroatoms. The third-order valence-electron chi connectivity index (χ3n) is 5.32. The van der Waals surface area contributed by atoms with Crippen LogP contribution in [0.5, 0.6) is 5.75 Å². The zero-order valence-electron chi connectivity index (χ0n) is 18.3. The summed E-state index contributed by atoms with van der Waals surface area (Å²) in [4.78, 5) is 15.0. The molecule has 0 aliphatic carbocycles. The lowest BCUT2D eigenvalue weighted by atomic mass is 9.92. The molecule has 1 aliphatic heterocycles. The minimum absolute atomic E-state index is 0.00834. The van der Waals surface area contributed by atoms with Gasteiger partial charge in [-0.1, -0.05) is 13.8 Å². The fourth-order valence-electron chi connectivity index (χ4n) is 3.96.